The molecular weight excluding hydrogens is 202 g/mol. The molecule has 0 aliphatic rings. The SMILES string of the molecule is CC(C)(C)OCCN(CCN)CC(F)F. The Labute approximate surface area is 90.6 Å². The van der Waals surface area contributed by atoms with Crippen molar-refractivity contribution in [2.75, 3.05) is 32.8 Å². The van der Waals surface area contributed by atoms with E-state index in [0.717, 1.165) is 0 Å². The molecule has 0 aromatic rings. The molecule has 0 saturated carbocycles. The van der Waals surface area contributed by atoms with Crippen molar-refractivity contribution in [1.82, 2.24) is 4.90 Å². The van der Waals surface area contributed by atoms with Crippen LogP contribution >= 0.6 is 0 Å². The number of ether oxygens (including phenoxy) is 1. The van der Waals surface area contributed by atoms with Gasteiger partial charge in [-0.25, -0.2) is 8.78 Å². The maximum atomic E-state index is 12.1. The van der Waals surface area contributed by atoms with Crippen molar-refractivity contribution in [2.45, 2.75) is 32.8 Å². The largest absolute Gasteiger partial charge is 0.375 e. The molecule has 0 spiro atoms. The first-order valence-electron chi connectivity index (χ1n) is 5.19. The zero-order valence-electron chi connectivity index (χ0n) is 9.80. The average molecular weight is 224 g/mol. The summed E-state index contributed by atoms with van der Waals surface area (Å²) < 4.78 is 29.8. The lowest BCUT2D eigenvalue weighted by Crippen LogP contribution is -2.37. The molecule has 0 fully saturated rings. The highest BCUT2D eigenvalue weighted by Gasteiger charge is 2.14. The number of hydrogen-bond donors (Lipinski definition) is 1. The highest BCUT2D eigenvalue weighted by Crippen LogP contribution is 2.06. The Kier molecular flexibility index (Phi) is 6.96. The van der Waals surface area contributed by atoms with Gasteiger partial charge in [0.2, 0.25) is 0 Å². The molecule has 0 bridgehead atoms. The Morgan fingerprint density at radius 3 is 2.27 bits per heavy atom. The molecule has 15 heavy (non-hydrogen) atoms. The monoisotopic (exact) mass is 224 g/mol. The summed E-state index contributed by atoms with van der Waals surface area (Å²) in [6.45, 7) is 7.41. The van der Waals surface area contributed by atoms with Crippen LogP contribution in [0.15, 0.2) is 0 Å². The minimum atomic E-state index is -2.31. The first kappa shape index (κ1) is 14.7. The summed E-state index contributed by atoms with van der Waals surface area (Å²) in [5, 5.41) is 0. The molecule has 0 amide bonds. The number of nitrogens with zero attached hydrogens (tertiary/aromatic N) is 1. The summed E-state index contributed by atoms with van der Waals surface area (Å²) in [4.78, 5) is 1.62. The molecule has 92 valence electrons. The van der Waals surface area contributed by atoms with Gasteiger partial charge in [0.15, 0.2) is 0 Å². The topological polar surface area (TPSA) is 38.5 Å². The van der Waals surface area contributed by atoms with Gasteiger partial charge in [0.25, 0.3) is 6.43 Å². The molecule has 5 heteroatoms. The zero-order valence-corrected chi connectivity index (χ0v) is 9.80. The normalized spacial score (nSPS) is 12.8. The Morgan fingerprint density at radius 2 is 1.87 bits per heavy atom. The van der Waals surface area contributed by atoms with E-state index in [1.807, 2.05) is 20.8 Å². The molecule has 0 aliphatic heterocycles. The van der Waals surface area contributed by atoms with Crippen LogP contribution in [0.3, 0.4) is 0 Å². The summed E-state index contributed by atoms with van der Waals surface area (Å²) >= 11 is 0. The first-order chi connectivity index (χ1) is 6.85. The Morgan fingerprint density at radius 1 is 1.27 bits per heavy atom. The fraction of sp³-hybridized carbons (Fsp3) is 1.00. The van der Waals surface area contributed by atoms with Crippen molar-refractivity contribution in [1.29, 1.82) is 0 Å². The van der Waals surface area contributed by atoms with Crippen LogP contribution in [0.5, 0.6) is 0 Å². The molecule has 0 heterocycles. The lowest BCUT2D eigenvalue weighted by molar-refractivity contribution is -0.0185. The predicted octanol–water partition coefficient (Wildman–Crippen LogP) is 1.33. The highest BCUT2D eigenvalue weighted by atomic mass is 19.3. The number of rotatable bonds is 7. The molecule has 2 N–H and O–H groups in total. The van der Waals surface area contributed by atoms with Gasteiger partial charge in [0, 0.05) is 19.6 Å². The summed E-state index contributed by atoms with van der Waals surface area (Å²) in [7, 11) is 0. The van der Waals surface area contributed by atoms with Gasteiger partial charge in [-0.15, -0.1) is 0 Å². The second kappa shape index (κ2) is 7.09. The van der Waals surface area contributed by atoms with Crippen molar-refractivity contribution in [3.05, 3.63) is 0 Å². The van der Waals surface area contributed by atoms with Crippen molar-refractivity contribution < 1.29 is 13.5 Å². The van der Waals surface area contributed by atoms with E-state index in [0.29, 0.717) is 26.2 Å². The molecule has 3 nitrogen and oxygen atoms in total. The van der Waals surface area contributed by atoms with Crippen LogP contribution in [-0.4, -0.2) is 49.7 Å². The van der Waals surface area contributed by atoms with Gasteiger partial charge in [-0.05, 0) is 20.8 Å². The maximum Gasteiger partial charge on any atom is 0.251 e. The predicted molar refractivity (Wildman–Crippen MR) is 57.2 cm³/mol. The Bertz CT molecular complexity index is 160. The van der Waals surface area contributed by atoms with E-state index in [2.05, 4.69) is 0 Å². The molecule has 0 aromatic carbocycles. The van der Waals surface area contributed by atoms with E-state index < -0.39 is 6.43 Å². The fourth-order valence-corrected chi connectivity index (χ4v) is 1.15. The van der Waals surface area contributed by atoms with E-state index in [1.165, 1.54) is 0 Å². The van der Waals surface area contributed by atoms with Crippen LogP contribution in [0.25, 0.3) is 0 Å². The molecule has 0 atom stereocenters. The fourth-order valence-electron chi connectivity index (χ4n) is 1.15. The third kappa shape index (κ3) is 10.0. The van der Waals surface area contributed by atoms with Gasteiger partial charge in [-0.2, -0.15) is 0 Å². The summed E-state index contributed by atoms with van der Waals surface area (Å²) in [6, 6.07) is 0. The lowest BCUT2D eigenvalue weighted by atomic mass is 10.2. The summed E-state index contributed by atoms with van der Waals surface area (Å²) in [5.74, 6) is 0. The number of alkyl halides is 2. The van der Waals surface area contributed by atoms with E-state index in [4.69, 9.17) is 10.5 Å². The van der Waals surface area contributed by atoms with E-state index in [1.54, 1.807) is 4.90 Å². The van der Waals surface area contributed by atoms with Crippen molar-refractivity contribution in [3.63, 3.8) is 0 Å². The standard InChI is InChI=1S/C10H22F2N2O/c1-10(2,3)15-7-6-14(5-4-13)8-9(11)12/h9H,4-8,13H2,1-3H3. The first-order valence-corrected chi connectivity index (χ1v) is 5.19. The second-order valence-electron chi connectivity index (χ2n) is 4.44. The van der Waals surface area contributed by atoms with Crippen LogP contribution in [0, 0.1) is 0 Å². The third-order valence-corrected chi connectivity index (χ3v) is 1.78. The van der Waals surface area contributed by atoms with Gasteiger partial charge in [-0.1, -0.05) is 0 Å². The minimum Gasteiger partial charge on any atom is -0.375 e. The van der Waals surface area contributed by atoms with Crippen LogP contribution in [0.4, 0.5) is 8.78 Å². The molecule has 0 aliphatic carbocycles. The number of nitrogens with two attached hydrogens (primary N) is 1. The highest BCUT2D eigenvalue weighted by molar-refractivity contribution is 4.63. The van der Waals surface area contributed by atoms with E-state index in [9.17, 15) is 8.78 Å². The molecule has 0 saturated heterocycles. The molecule has 0 aromatic heterocycles. The van der Waals surface area contributed by atoms with Gasteiger partial charge in [0.1, 0.15) is 0 Å². The molecule has 0 unspecified atom stereocenters. The van der Waals surface area contributed by atoms with Crippen molar-refractivity contribution in [2.24, 2.45) is 5.73 Å². The van der Waals surface area contributed by atoms with Gasteiger partial charge < -0.3 is 10.5 Å². The summed E-state index contributed by atoms with van der Waals surface area (Å²) in [6.07, 6.45) is -2.31. The van der Waals surface area contributed by atoms with Crippen LogP contribution in [-0.2, 0) is 4.74 Å². The Hall–Kier alpha value is -0.260. The maximum absolute atomic E-state index is 12.1. The second-order valence-corrected chi connectivity index (χ2v) is 4.44. The average Bonchev–Trinajstić information content (AvgIpc) is 2.00. The van der Waals surface area contributed by atoms with Crippen LogP contribution in [0.2, 0.25) is 0 Å². The molecule has 0 radical (unpaired) electrons. The Balaban J connectivity index is 3.75. The van der Waals surface area contributed by atoms with E-state index >= 15 is 0 Å². The zero-order chi connectivity index (χ0) is 11.9. The molecule has 0 rings (SSSR count). The molecular formula is C10H22F2N2O. The number of halogens is 2. The van der Waals surface area contributed by atoms with Gasteiger partial charge in [-0.3, -0.25) is 4.90 Å². The quantitative estimate of drug-likeness (QED) is 0.709. The van der Waals surface area contributed by atoms with Crippen molar-refractivity contribution in [3.8, 4) is 0 Å². The van der Waals surface area contributed by atoms with Gasteiger partial charge >= 0.3 is 0 Å². The van der Waals surface area contributed by atoms with Crippen LogP contribution < -0.4 is 5.73 Å². The smallest absolute Gasteiger partial charge is 0.251 e. The minimum absolute atomic E-state index is 0.223. The lowest BCUT2D eigenvalue weighted by Gasteiger charge is -2.24. The van der Waals surface area contributed by atoms with E-state index in [-0.39, 0.29) is 12.1 Å². The third-order valence-electron chi connectivity index (χ3n) is 1.78. The van der Waals surface area contributed by atoms with Crippen LogP contribution in [0.1, 0.15) is 20.8 Å². The number of hydrogen-bond acceptors (Lipinski definition) is 3. The van der Waals surface area contributed by atoms with Crippen molar-refractivity contribution >= 4 is 0 Å². The summed E-state index contributed by atoms with van der Waals surface area (Å²) in [5.41, 5.74) is 5.11. The van der Waals surface area contributed by atoms with Gasteiger partial charge in [0.05, 0.1) is 18.8 Å².